The first kappa shape index (κ1) is 16.9. The number of hydrogen-bond donors (Lipinski definition) is 1. The van der Waals surface area contributed by atoms with Crippen molar-refractivity contribution < 1.29 is 18.7 Å². The van der Waals surface area contributed by atoms with E-state index in [9.17, 15) is 9.50 Å². The fourth-order valence-corrected chi connectivity index (χ4v) is 3.02. The number of hydrogen-bond acceptors (Lipinski definition) is 5. The molecule has 0 atom stereocenters. The lowest BCUT2D eigenvalue weighted by Crippen LogP contribution is -2.34. The molecule has 6 heteroatoms. The summed E-state index contributed by atoms with van der Waals surface area (Å²) in [7, 11) is 1.54. The van der Waals surface area contributed by atoms with E-state index >= 15 is 0 Å². The Morgan fingerprint density at radius 3 is 2.79 bits per heavy atom. The molecule has 0 spiro atoms. The molecule has 1 saturated heterocycles. The Kier molecular flexibility index (Phi) is 5.16. The minimum absolute atomic E-state index is 0.260. The van der Waals surface area contributed by atoms with Crippen LogP contribution in [-0.2, 0) is 6.54 Å². The summed E-state index contributed by atoms with van der Waals surface area (Å²) in [5, 5.41) is 9.22. The number of oxazole rings is 1. The molecule has 3 rings (SSSR count). The van der Waals surface area contributed by atoms with E-state index in [0.29, 0.717) is 29.5 Å². The van der Waals surface area contributed by atoms with Gasteiger partial charge in [-0.05, 0) is 57.0 Å². The Hall–Kier alpha value is -1.92. The molecule has 1 aromatic heterocycles. The van der Waals surface area contributed by atoms with Gasteiger partial charge < -0.3 is 14.3 Å². The summed E-state index contributed by atoms with van der Waals surface area (Å²) in [6.07, 6.45) is 1.98. The normalized spacial score (nSPS) is 16.5. The number of aliphatic hydroxyl groups is 1. The van der Waals surface area contributed by atoms with E-state index in [2.05, 4.69) is 9.88 Å². The highest BCUT2D eigenvalue weighted by atomic mass is 19.1. The maximum atomic E-state index is 14.1. The Labute approximate surface area is 141 Å². The summed E-state index contributed by atoms with van der Waals surface area (Å²) in [4.78, 5) is 6.79. The highest BCUT2D eigenvalue weighted by Crippen LogP contribution is 2.29. The molecule has 1 N–H and O–H groups in total. The first-order valence-corrected chi connectivity index (χ1v) is 8.24. The first-order valence-electron chi connectivity index (χ1n) is 8.24. The maximum absolute atomic E-state index is 14.1. The second kappa shape index (κ2) is 7.32. The first-order chi connectivity index (χ1) is 11.6. The van der Waals surface area contributed by atoms with Crippen molar-refractivity contribution in [2.75, 3.05) is 26.8 Å². The van der Waals surface area contributed by atoms with Crippen molar-refractivity contribution in [2.45, 2.75) is 26.3 Å². The monoisotopic (exact) mass is 334 g/mol. The third-order valence-electron chi connectivity index (χ3n) is 4.64. The van der Waals surface area contributed by atoms with Gasteiger partial charge in [0.15, 0.2) is 0 Å². The lowest BCUT2D eigenvalue weighted by molar-refractivity contribution is 0.126. The van der Waals surface area contributed by atoms with Crippen LogP contribution < -0.4 is 4.74 Å². The number of benzene rings is 1. The molecular formula is C18H23FN2O3. The Bertz CT molecular complexity index is 694. The highest BCUT2D eigenvalue weighted by molar-refractivity contribution is 5.57. The standard InChI is InChI=1S/C18H23FN2O3/c1-12-17(10-21-7-5-13(11-22)6-8-21)20-18(24-12)15-9-14(23-2)3-4-16(15)19/h3-4,9,13,22H,5-8,10-11H2,1-2H3. The number of halogens is 1. The van der Waals surface area contributed by atoms with Crippen LogP contribution in [0.4, 0.5) is 4.39 Å². The maximum Gasteiger partial charge on any atom is 0.229 e. The SMILES string of the molecule is COc1ccc(F)c(-c2nc(CN3CCC(CO)CC3)c(C)o2)c1. The third kappa shape index (κ3) is 3.60. The van der Waals surface area contributed by atoms with Gasteiger partial charge in [-0.15, -0.1) is 0 Å². The molecule has 0 unspecified atom stereocenters. The largest absolute Gasteiger partial charge is 0.497 e. The lowest BCUT2D eigenvalue weighted by atomic mass is 9.98. The van der Waals surface area contributed by atoms with Gasteiger partial charge in [0.1, 0.15) is 17.3 Å². The number of aromatic nitrogens is 1. The number of rotatable bonds is 5. The quantitative estimate of drug-likeness (QED) is 0.911. The summed E-state index contributed by atoms with van der Waals surface area (Å²) in [6.45, 7) is 4.65. The van der Waals surface area contributed by atoms with Gasteiger partial charge in [0.05, 0.1) is 18.4 Å². The fraction of sp³-hybridized carbons (Fsp3) is 0.500. The van der Waals surface area contributed by atoms with Gasteiger partial charge in [-0.3, -0.25) is 4.90 Å². The minimum atomic E-state index is -0.382. The van der Waals surface area contributed by atoms with Gasteiger partial charge in [-0.25, -0.2) is 9.37 Å². The molecule has 0 aliphatic carbocycles. The predicted molar refractivity (Wildman–Crippen MR) is 88.3 cm³/mol. The molecule has 0 radical (unpaired) electrons. The van der Waals surface area contributed by atoms with Gasteiger partial charge in [0, 0.05) is 13.2 Å². The molecule has 0 amide bonds. The van der Waals surface area contributed by atoms with Gasteiger partial charge in [-0.1, -0.05) is 0 Å². The zero-order valence-corrected chi connectivity index (χ0v) is 14.1. The minimum Gasteiger partial charge on any atom is -0.497 e. The number of aryl methyl sites for hydroxylation is 1. The second-order valence-electron chi connectivity index (χ2n) is 6.27. The molecule has 1 fully saturated rings. The molecule has 1 aliphatic rings. The zero-order chi connectivity index (χ0) is 17.1. The molecule has 130 valence electrons. The molecule has 2 aromatic rings. The summed E-state index contributed by atoms with van der Waals surface area (Å²) in [5.41, 5.74) is 1.14. The van der Waals surface area contributed by atoms with Crippen molar-refractivity contribution in [3.63, 3.8) is 0 Å². The smallest absolute Gasteiger partial charge is 0.229 e. The summed E-state index contributed by atoms with van der Waals surface area (Å²) in [5.74, 6) is 1.57. The van der Waals surface area contributed by atoms with Crippen LogP contribution >= 0.6 is 0 Å². The molecule has 24 heavy (non-hydrogen) atoms. The van der Waals surface area contributed by atoms with E-state index in [4.69, 9.17) is 9.15 Å². The molecule has 5 nitrogen and oxygen atoms in total. The Morgan fingerprint density at radius 2 is 2.12 bits per heavy atom. The van der Waals surface area contributed by atoms with Crippen LogP contribution in [0, 0.1) is 18.7 Å². The number of methoxy groups -OCH3 is 1. The number of likely N-dealkylation sites (tertiary alicyclic amines) is 1. The van der Waals surface area contributed by atoms with Crippen LogP contribution in [0.15, 0.2) is 22.6 Å². The number of aliphatic hydroxyl groups excluding tert-OH is 1. The topological polar surface area (TPSA) is 58.7 Å². The average molecular weight is 334 g/mol. The van der Waals surface area contributed by atoms with E-state index in [-0.39, 0.29) is 18.3 Å². The van der Waals surface area contributed by atoms with Crippen LogP contribution in [0.2, 0.25) is 0 Å². The van der Waals surface area contributed by atoms with E-state index in [1.54, 1.807) is 19.2 Å². The third-order valence-corrected chi connectivity index (χ3v) is 4.64. The van der Waals surface area contributed by atoms with Crippen molar-refractivity contribution in [1.82, 2.24) is 9.88 Å². The molecule has 2 heterocycles. The van der Waals surface area contributed by atoms with Crippen molar-refractivity contribution in [3.05, 3.63) is 35.5 Å². The van der Waals surface area contributed by atoms with Gasteiger partial charge in [-0.2, -0.15) is 0 Å². The second-order valence-corrected chi connectivity index (χ2v) is 6.27. The van der Waals surface area contributed by atoms with Crippen molar-refractivity contribution in [3.8, 4) is 17.2 Å². The number of ether oxygens (including phenoxy) is 1. The van der Waals surface area contributed by atoms with Crippen molar-refractivity contribution >= 4 is 0 Å². The zero-order valence-electron chi connectivity index (χ0n) is 14.1. The van der Waals surface area contributed by atoms with Crippen LogP contribution in [0.1, 0.15) is 24.3 Å². The number of nitrogens with zero attached hydrogens (tertiary/aromatic N) is 2. The molecule has 0 bridgehead atoms. The summed E-state index contributed by atoms with van der Waals surface area (Å²) < 4.78 is 24.9. The Balaban J connectivity index is 1.76. The van der Waals surface area contributed by atoms with Crippen LogP contribution in [0.5, 0.6) is 5.75 Å². The van der Waals surface area contributed by atoms with Crippen LogP contribution in [-0.4, -0.2) is 41.8 Å². The summed E-state index contributed by atoms with van der Waals surface area (Å²) in [6, 6.07) is 4.52. The van der Waals surface area contributed by atoms with Crippen LogP contribution in [0.3, 0.4) is 0 Å². The fourth-order valence-electron chi connectivity index (χ4n) is 3.02. The highest BCUT2D eigenvalue weighted by Gasteiger charge is 2.22. The van der Waals surface area contributed by atoms with Gasteiger partial charge in [0.25, 0.3) is 0 Å². The molecular weight excluding hydrogens is 311 g/mol. The van der Waals surface area contributed by atoms with Crippen molar-refractivity contribution in [2.24, 2.45) is 5.92 Å². The molecule has 1 aromatic carbocycles. The predicted octanol–water partition coefficient (Wildman–Crippen LogP) is 3.00. The van der Waals surface area contributed by atoms with Crippen LogP contribution in [0.25, 0.3) is 11.5 Å². The van der Waals surface area contributed by atoms with Gasteiger partial charge in [0.2, 0.25) is 5.89 Å². The van der Waals surface area contributed by atoms with E-state index < -0.39 is 0 Å². The average Bonchev–Trinajstić information content (AvgIpc) is 2.96. The van der Waals surface area contributed by atoms with E-state index in [1.807, 2.05) is 6.92 Å². The Morgan fingerprint density at radius 1 is 1.38 bits per heavy atom. The lowest BCUT2D eigenvalue weighted by Gasteiger charge is -2.30. The number of piperidine rings is 1. The van der Waals surface area contributed by atoms with Crippen molar-refractivity contribution in [1.29, 1.82) is 0 Å². The molecule has 0 saturated carbocycles. The van der Waals surface area contributed by atoms with E-state index in [0.717, 1.165) is 31.6 Å². The van der Waals surface area contributed by atoms with Gasteiger partial charge >= 0.3 is 0 Å². The van der Waals surface area contributed by atoms with E-state index in [1.165, 1.54) is 6.07 Å². The summed E-state index contributed by atoms with van der Waals surface area (Å²) >= 11 is 0. The molecule has 1 aliphatic heterocycles.